The zero-order valence-electron chi connectivity index (χ0n) is 16.5. The zero-order valence-corrected chi connectivity index (χ0v) is 17.3. The molecule has 146 valence electrons. The van der Waals surface area contributed by atoms with Gasteiger partial charge in [-0.25, -0.2) is 4.98 Å². The van der Waals surface area contributed by atoms with Gasteiger partial charge in [-0.15, -0.1) is 11.8 Å². The molecule has 1 fully saturated rings. The van der Waals surface area contributed by atoms with E-state index in [9.17, 15) is 4.79 Å². The smallest absolute Gasteiger partial charge is 0.255 e. The number of aromatic nitrogens is 2. The molecule has 28 heavy (non-hydrogen) atoms. The lowest BCUT2D eigenvalue weighted by Crippen LogP contribution is -2.12. The molecule has 1 aliphatic rings. The number of rotatable bonds is 5. The molecule has 1 aliphatic carbocycles. The molecule has 1 saturated carbocycles. The highest BCUT2D eigenvalue weighted by Gasteiger charge is 2.22. The molecule has 4 nitrogen and oxygen atoms in total. The van der Waals surface area contributed by atoms with Crippen LogP contribution in [0.3, 0.4) is 0 Å². The number of thioether (sulfide) groups is 1. The molecule has 1 amide bonds. The number of imidazole rings is 1. The van der Waals surface area contributed by atoms with Crippen LogP contribution in [-0.2, 0) is 0 Å². The summed E-state index contributed by atoms with van der Waals surface area (Å²) in [7, 11) is 0. The molecule has 3 aromatic rings. The summed E-state index contributed by atoms with van der Waals surface area (Å²) in [4.78, 5) is 17.5. The average molecular weight is 394 g/mol. The van der Waals surface area contributed by atoms with Crippen LogP contribution in [0.25, 0.3) is 5.65 Å². The number of fused-ring (bicyclic) bond motifs is 1. The molecule has 2 heterocycles. The second kappa shape index (κ2) is 8.39. The first-order chi connectivity index (χ1) is 13.6. The van der Waals surface area contributed by atoms with E-state index in [-0.39, 0.29) is 5.91 Å². The summed E-state index contributed by atoms with van der Waals surface area (Å²) in [6.45, 7) is 4.38. The van der Waals surface area contributed by atoms with Crippen LogP contribution >= 0.6 is 11.8 Å². The third-order valence-electron chi connectivity index (χ3n) is 5.28. The molecule has 0 unspecified atom stereocenters. The molecule has 5 heteroatoms. The van der Waals surface area contributed by atoms with Crippen molar-refractivity contribution in [2.24, 2.45) is 0 Å². The van der Waals surface area contributed by atoms with E-state index in [0.29, 0.717) is 16.7 Å². The number of nitrogens with zero attached hydrogens (tertiary/aromatic N) is 2. The Balaban J connectivity index is 1.63. The van der Waals surface area contributed by atoms with Crippen molar-refractivity contribution in [3.8, 4) is 0 Å². The van der Waals surface area contributed by atoms with Gasteiger partial charge in [0.1, 0.15) is 10.7 Å². The maximum Gasteiger partial charge on any atom is 0.255 e. The predicted molar refractivity (Wildman–Crippen MR) is 116 cm³/mol. The Hall–Kier alpha value is -2.27. The minimum atomic E-state index is -0.107. The van der Waals surface area contributed by atoms with Gasteiger partial charge in [0.25, 0.3) is 5.91 Å². The van der Waals surface area contributed by atoms with Crippen molar-refractivity contribution >= 4 is 29.0 Å². The van der Waals surface area contributed by atoms with Gasteiger partial charge in [0.15, 0.2) is 0 Å². The number of carbonyl (C=O) groups is 1. The van der Waals surface area contributed by atoms with E-state index in [1.165, 1.54) is 37.1 Å². The SMILES string of the molecule is CC(C)c1nc2cc(C(=O)Nc3ccccc3)ccn2c1SC1CCCCC1. The molecule has 2 aromatic heterocycles. The summed E-state index contributed by atoms with van der Waals surface area (Å²) in [5.41, 5.74) is 3.41. The molecule has 0 radical (unpaired) electrons. The number of benzene rings is 1. The lowest BCUT2D eigenvalue weighted by atomic mass is 10.0. The minimum Gasteiger partial charge on any atom is -0.322 e. The first kappa shape index (κ1) is 19.1. The molecular weight excluding hydrogens is 366 g/mol. The predicted octanol–water partition coefficient (Wildman–Crippen LogP) is 6.13. The van der Waals surface area contributed by atoms with Crippen LogP contribution in [0.1, 0.15) is 67.9 Å². The molecule has 0 atom stereocenters. The zero-order chi connectivity index (χ0) is 19.5. The molecule has 0 bridgehead atoms. The van der Waals surface area contributed by atoms with E-state index in [2.05, 4.69) is 23.6 Å². The number of amides is 1. The Bertz CT molecular complexity index is 959. The van der Waals surface area contributed by atoms with Gasteiger partial charge in [0, 0.05) is 22.7 Å². The summed E-state index contributed by atoms with van der Waals surface area (Å²) < 4.78 is 2.16. The van der Waals surface area contributed by atoms with Crippen LogP contribution in [0.5, 0.6) is 0 Å². The minimum absolute atomic E-state index is 0.107. The fraction of sp³-hybridized carbons (Fsp3) is 0.391. The summed E-state index contributed by atoms with van der Waals surface area (Å²) in [5.74, 6) is 0.247. The van der Waals surface area contributed by atoms with Crippen molar-refractivity contribution in [3.05, 3.63) is 59.9 Å². The van der Waals surface area contributed by atoms with Gasteiger partial charge in [0.2, 0.25) is 0 Å². The van der Waals surface area contributed by atoms with Crippen LogP contribution in [0.4, 0.5) is 5.69 Å². The van der Waals surface area contributed by atoms with E-state index >= 15 is 0 Å². The number of hydrogen-bond acceptors (Lipinski definition) is 3. The van der Waals surface area contributed by atoms with Gasteiger partial charge in [-0.05, 0) is 43.0 Å². The van der Waals surface area contributed by atoms with E-state index in [4.69, 9.17) is 4.98 Å². The van der Waals surface area contributed by atoms with Gasteiger partial charge in [-0.1, -0.05) is 51.3 Å². The van der Waals surface area contributed by atoms with Crippen molar-refractivity contribution in [1.82, 2.24) is 9.38 Å². The van der Waals surface area contributed by atoms with Gasteiger partial charge >= 0.3 is 0 Å². The fourth-order valence-corrected chi connectivity index (χ4v) is 5.30. The maximum atomic E-state index is 12.6. The summed E-state index contributed by atoms with van der Waals surface area (Å²) in [6, 6.07) is 13.3. The standard InChI is InChI=1S/C23H27N3OS/c1-16(2)21-23(28-19-11-7-4-8-12-19)26-14-13-17(15-20(26)25-21)22(27)24-18-9-5-3-6-10-18/h3,5-6,9-10,13-16,19H,4,7-8,11-12H2,1-2H3,(H,24,27). The normalized spacial score (nSPS) is 15.2. The number of hydrogen-bond donors (Lipinski definition) is 1. The Morgan fingerprint density at radius 3 is 2.61 bits per heavy atom. The lowest BCUT2D eigenvalue weighted by Gasteiger charge is -2.21. The number of pyridine rings is 1. The number of carbonyl (C=O) groups excluding carboxylic acids is 1. The fourth-order valence-electron chi connectivity index (χ4n) is 3.74. The first-order valence-corrected chi connectivity index (χ1v) is 11.0. The number of anilines is 1. The molecule has 0 saturated heterocycles. The maximum absolute atomic E-state index is 12.6. The molecule has 0 spiro atoms. The highest BCUT2D eigenvalue weighted by Crippen LogP contribution is 2.37. The van der Waals surface area contributed by atoms with Crippen molar-refractivity contribution < 1.29 is 4.79 Å². The van der Waals surface area contributed by atoms with E-state index in [1.54, 1.807) is 0 Å². The number of para-hydroxylation sites is 1. The average Bonchev–Trinajstić information content (AvgIpc) is 3.07. The summed E-state index contributed by atoms with van der Waals surface area (Å²) in [5, 5.41) is 4.87. The quantitative estimate of drug-likeness (QED) is 0.567. The summed E-state index contributed by atoms with van der Waals surface area (Å²) >= 11 is 1.97. The van der Waals surface area contributed by atoms with E-state index < -0.39 is 0 Å². The number of nitrogens with one attached hydrogen (secondary N) is 1. The highest BCUT2D eigenvalue weighted by molar-refractivity contribution is 7.99. The Labute approximate surface area is 170 Å². The van der Waals surface area contributed by atoms with E-state index in [0.717, 1.165) is 17.0 Å². The second-order valence-electron chi connectivity index (χ2n) is 7.80. The van der Waals surface area contributed by atoms with Crippen molar-refractivity contribution in [2.75, 3.05) is 5.32 Å². The van der Waals surface area contributed by atoms with E-state index in [1.807, 2.05) is 60.4 Å². The summed E-state index contributed by atoms with van der Waals surface area (Å²) in [6.07, 6.45) is 8.59. The second-order valence-corrected chi connectivity index (χ2v) is 9.09. The van der Waals surface area contributed by atoms with Crippen molar-refractivity contribution in [2.45, 2.75) is 62.1 Å². The van der Waals surface area contributed by atoms with Crippen LogP contribution in [-0.4, -0.2) is 20.5 Å². The Kier molecular flexibility index (Phi) is 5.72. The van der Waals surface area contributed by atoms with Crippen LogP contribution in [0.2, 0.25) is 0 Å². The van der Waals surface area contributed by atoms with Gasteiger partial charge in [-0.2, -0.15) is 0 Å². The van der Waals surface area contributed by atoms with Crippen LogP contribution < -0.4 is 5.32 Å². The molecule has 1 N–H and O–H groups in total. The van der Waals surface area contributed by atoms with Crippen LogP contribution in [0, 0.1) is 0 Å². The van der Waals surface area contributed by atoms with Crippen molar-refractivity contribution in [1.29, 1.82) is 0 Å². The highest BCUT2D eigenvalue weighted by atomic mass is 32.2. The topological polar surface area (TPSA) is 46.4 Å². The van der Waals surface area contributed by atoms with Gasteiger partial charge in [0.05, 0.1) is 5.69 Å². The first-order valence-electron chi connectivity index (χ1n) is 10.2. The monoisotopic (exact) mass is 393 g/mol. The van der Waals surface area contributed by atoms with Crippen LogP contribution in [0.15, 0.2) is 53.7 Å². The van der Waals surface area contributed by atoms with Crippen molar-refractivity contribution in [3.63, 3.8) is 0 Å². The Morgan fingerprint density at radius 1 is 1.14 bits per heavy atom. The molecule has 1 aromatic carbocycles. The van der Waals surface area contributed by atoms with Gasteiger partial charge < -0.3 is 5.32 Å². The largest absolute Gasteiger partial charge is 0.322 e. The lowest BCUT2D eigenvalue weighted by molar-refractivity contribution is 0.102. The molecule has 4 rings (SSSR count). The molecular formula is C23H27N3OS. The van der Waals surface area contributed by atoms with Gasteiger partial charge in [-0.3, -0.25) is 9.20 Å². The third-order valence-corrected chi connectivity index (χ3v) is 6.71. The molecule has 0 aliphatic heterocycles. The Morgan fingerprint density at radius 2 is 1.89 bits per heavy atom. The third kappa shape index (κ3) is 4.09.